The number of rotatable bonds is 1. The average Bonchev–Trinajstić information content (AvgIpc) is 2.58. The Bertz CT molecular complexity index is 324. The second-order valence-electron chi connectivity index (χ2n) is 5.70. The van der Waals surface area contributed by atoms with Gasteiger partial charge < -0.3 is 14.4 Å². The van der Waals surface area contributed by atoms with Crippen molar-refractivity contribution in [2.45, 2.75) is 39.7 Å². The molecule has 1 unspecified atom stereocenters. The van der Waals surface area contributed by atoms with Crippen molar-refractivity contribution in [2.75, 3.05) is 20.2 Å². The quantitative estimate of drug-likeness (QED) is 0.532. The van der Waals surface area contributed by atoms with E-state index in [-0.39, 0.29) is 11.6 Å². The first-order chi connectivity index (χ1) is 7.68. The summed E-state index contributed by atoms with van der Waals surface area (Å²) in [4.78, 5) is 13.6. The third kappa shape index (κ3) is 3.56. The Morgan fingerprint density at radius 3 is 2.47 bits per heavy atom. The molecule has 17 heavy (non-hydrogen) atoms. The van der Waals surface area contributed by atoms with E-state index in [0.29, 0.717) is 11.7 Å². The number of likely N-dealkylation sites (tertiary alicyclic amines) is 1. The maximum Gasteiger partial charge on any atom is 0.313 e. The van der Waals surface area contributed by atoms with Crippen molar-refractivity contribution in [3.63, 3.8) is 0 Å². The molecule has 0 amide bonds. The summed E-state index contributed by atoms with van der Waals surface area (Å²) < 4.78 is 10.5. The summed E-state index contributed by atoms with van der Waals surface area (Å²) in [6, 6.07) is 0. The van der Waals surface area contributed by atoms with Crippen LogP contribution in [0.15, 0.2) is 0 Å². The van der Waals surface area contributed by atoms with Crippen molar-refractivity contribution < 1.29 is 14.3 Å². The van der Waals surface area contributed by atoms with Gasteiger partial charge in [0.15, 0.2) is 0 Å². The van der Waals surface area contributed by atoms with Crippen LogP contribution in [-0.2, 0) is 14.3 Å². The number of methoxy groups -OCH3 is 1. The highest BCUT2D eigenvalue weighted by Gasteiger charge is 2.42. The van der Waals surface area contributed by atoms with Gasteiger partial charge in [-0.2, -0.15) is 0 Å². The number of esters is 1. The third-order valence-corrected chi connectivity index (χ3v) is 3.14. The molecular weight excluding hydrogens is 238 g/mol. The molecule has 0 aromatic rings. The SMILES string of the molecule is COC(=O)C1(C)CCN(C(=S)OC(C)(C)C)C1. The van der Waals surface area contributed by atoms with E-state index in [9.17, 15) is 4.79 Å². The molecule has 5 heteroatoms. The summed E-state index contributed by atoms with van der Waals surface area (Å²) in [5.74, 6) is -0.182. The lowest BCUT2D eigenvalue weighted by Gasteiger charge is -2.28. The van der Waals surface area contributed by atoms with E-state index in [1.165, 1.54) is 7.11 Å². The average molecular weight is 259 g/mol. The lowest BCUT2D eigenvalue weighted by molar-refractivity contribution is -0.150. The molecule has 1 aliphatic heterocycles. The van der Waals surface area contributed by atoms with Gasteiger partial charge in [0.1, 0.15) is 5.60 Å². The van der Waals surface area contributed by atoms with Gasteiger partial charge in [-0.3, -0.25) is 4.79 Å². The third-order valence-electron chi connectivity index (χ3n) is 2.80. The molecule has 0 aliphatic carbocycles. The predicted molar refractivity (Wildman–Crippen MR) is 69.7 cm³/mol. The first-order valence-electron chi connectivity index (χ1n) is 5.74. The maximum absolute atomic E-state index is 11.7. The molecule has 98 valence electrons. The lowest BCUT2D eigenvalue weighted by Crippen LogP contribution is -2.38. The van der Waals surface area contributed by atoms with E-state index >= 15 is 0 Å². The van der Waals surface area contributed by atoms with Crippen LogP contribution in [0.2, 0.25) is 0 Å². The fourth-order valence-corrected chi connectivity index (χ4v) is 2.26. The van der Waals surface area contributed by atoms with Gasteiger partial charge in [0.05, 0.1) is 12.5 Å². The maximum atomic E-state index is 11.7. The van der Waals surface area contributed by atoms with Crippen LogP contribution >= 0.6 is 12.2 Å². The molecular formula is C12H21NO3S. The van der Waals surface area contributed by atoms with Crippen LogP contribution in [0.3, 0.4) is 0 Å². The van der Waals surface area contributed by atoms with Crippen molar-refractivity contribution in [1.82, 2.24) is 4.90 Å². The Labute approximate surface area is 108 Å². The number of thiocarbonyl (C=S) groups is 1. The van der Waals surface area contributed by atoms with Gasteiger partial charge in [0, 0.05) is 13.1 Å². The van der Waals surface area contributed by atoms with Gasteiger partial charge in [0.25, 0.3) is 5.17 Å². The molecule has 1 heterocycles. The van der Waals surface area contributed by atoms with Gasteiger partial charge >= 0.3 is 5.97 Å². The van der Waals surface area contributed by atoms with Crippen LogP contribution in [-0.4, -0.2) is 41.8 Å². The van der Waals surface area contributed by atoms with Crippen LogP contribution in [0.4, 0.5) is 0 Å². The minimum Gasteiger partial charge on any atom is -0.469 e. The van der Waals surface area contributed by atoms with E-state index in [4.69, 9.17) is 21.7 Å². The zero-order valence-corrected chi connectivity index (χ0v) is 12.0. The number of carbonyl (C=O) groups excluding carboxylic acids is 1. The smallest absolute Gasteiger partial charge is 0.313 e. The molecule has 0 bridgehead atoms. The molecule has 0 spiro atoms. The molecule has 0 radical (unpaired) electrons. The van der Waals surface area contributed by atoms with Gasteiger partial charge in [0.2, 0.25) is 0 Å². The van der Waals surface area contributed by atoms with E-state index in [2.05, 4.69) is 0 Å². The van der Waals surface area contributed by atoms with Crippen molar-refractivity contribution in [2.24, 2.45) is 5.41 Å². The second-order valence-corrected chi connectivity index (χ2v) is 6.05. The summed E-state index contributed by atoms with van der Waals surface area (Å²) >= 11 is 5.24. The van der Waals surface area contributed by atoms with Crippen LogP contribution in [0.25, 0.3) is 0 Å². The Kier molecular flexibility index (Phi) is 4.02. The minimum absolute atomic E-state index is 0.182. The molecule has 0 saturated carbocycles. The summed E-state index contributed by atoms with van der Waals surface area (Å²) in [6.45, 7) is 9.06. The van der Waals surface area contributed by atoms with E-state index in [1.807, 2.05) is 32.6 Å². The van der Waals surface area contributed by atoms with E-state index in [0.717, 1.165) is 13.0 Å². The van der Waals surface area contributed by atoms with Gasteiger partial charge in [-0.05, 0) is 46.3 Å². The largest absolute Gasteiger partial charge is 0.469 e. The Morgan fingerprint density at radius 2 is 2.00 bits per heavy atom. The monoisotopic (exact) mass is 259 g/mol. The molecule has 1 atom stereocenters. The van der Waals surface area contributed by atoms with Gasteiger partial charge in [-0.1, -0.05) is 0 Å². The Morgan fingerprint density at radius 1 is 1.41 bits per heavy atom. The van der Waals surface area contributed by atoms with E-state index < -0.39 is 5.41 Å². The Balaban J connectivity index is 2.62. The number of hydrogen-bond acceptors (Lipinski definition) is 4. The minimum atomic E-state index is -0.472. The number of ether oxygens (including phenoxy) is 2. The van der Waals surface area contributed by atoms with E-state index in [1.54, 1.807) is 0 Å². The van der Waals surface area contributed by atoms with Crippen molar-refractivity contribution in [1.29, 1.82) is 0 Å². The van der Waals surface area contributed by atoms with Crippen LogP contribution in [0.1, 0.15) is 34.1 Å². The molecule has 0 aromatic heterocycles. The normalized spacial score (nSPS) is 24.6. The molecule has 1 fully saturated rings. The van der Waals surface area contributed by atoms with Crippen molar-refractivity contribution >= 4 is 23.4 Å². The van der Waals surface area contributed by atoms with Crippen molar-refractivity contribution in [3.8, 4) is 0 Å². The zero-order chi connectivity index (χ0) is 13.3. The fraction of sp³-hybridized carbons (Fsp3) is 0.833. The Hall–Kier alpha value is -0.840. The first-order valence-corrected chi connectivity index (χ1v) is 6.15. The topological polar surface area (TPSA) is 38.8 Å². The summed E-state index contributed by atoms with van der Waals surface area (Å²) in [6.07, 6.45) is 0.743. The standard InChI is InChI=1S/C12H21NO3S/c1-11(2,3)16-10(17)13-7-6-12(4,8-13)9(14)15-5/h6-8H2,1-5H3. The highest BCUT2D eigenvalue weighted by molar-refractivity contribution is 7.80. The number of carbonyl (C=O) groups is 1. The summed E-state index contributed by atoms with van der Waals surface area (Å²) in [7, 11) is 1.42. The number of hydrogen-bond donors (Lipinski definition) is 0. The van der Waals surface area contributed by atoms with Crippen LogP contribution in [0, 0.1) is 5.41 Å². The highest BCUT2D eigenvalue weighted by Crippen LogP contribution is 2.32. The first kappa shape index (κ1) is 14.2. The molecule has 1 aliphatic rings. The molecule has 4 nitrogen and oxygen atoms in total. The highest BCUT2D eigenvalue weighted by atomic mass is 32.1. The molecule has 1 rings (SSSR count). The lowest BCUT2D eigenvalue weighted by atomic mass is 9.90. The van der Waals surface area contributed by atoms with Crippen LogP contribution in [0.5, 0.6) is 0 Å². The van der Waals surface area contributed by atoms with Gasteiger partial charge in [-0.25, -0.2) is 0 Å². The van der Waals surface area contributed by atoms with Crippen LogP contribution < -0.4 is 0 Å². The number of nitrogens with zero attached hydrogens (tertiary/aromatic N) is 1. The zero-order valence-electron chi connectivity index (χ0n) is 11.2. The molecule has 1 saturated heterocycles. The second kappa shape index (κ2) is 4.80. The summed E-state index contributed by atoms with van der Waals surface area (Å²) in [5.41, 5.74) is -0.776. The predicted octanol–water partition coefficient (Wildman–Crippen LogP) is 1.97. The molecule has 0 N–H and O–H groups in total. The summed E-state index contributed by atoms with van der Waals surface area (Å²) in [5, 5.41) is 0.463. The molecule has 0 aromatic carbocycles. The van der Waals surface area contributed by atoms with Crippen molar-refractivity contribution in [3.05, 3.63) is 0 Å². The fourth-order valence-electron chi connectivity index (χ4n) is 1.86. The van der Waals surface area contributed by atoms with Gasteiger partial charge in [-0.15, -0.1) is 0 Å².